The minimum Gasteiger partial charge on any atom is -0.352 e. The number of amides is 1. The molecule has 1 saturated heterocycles. The summed E-state index contributed by atoms with van der Waals surface area (Å²) in [5, 5.41) is 4.00. The van der Waals surface area contributed by atoms with E-state index in [2.05, 4.69) is 10.2 Å². The Morgan fingerprint density at radius 3 is 2.52 bits per heavy atom. The van der Waals surface area contributed by atoms with Gasteiger partial charge in [0, 0.05) is 17.6 Å². The van der Waals surface area contributed by atoms with Crippen LogP contribution in [-0.4, -0.2) is 36.5 Å². The molecule has 0 radical (unpaired) electrons. The number of carbonyl (C=O) groups is 1. The number of piperidine rings is 1. The molecule has 3 nitrogen and oxygen atoms in total. The Bertz CT molecular complexity index is 550. The molecule has 1 aromatic rings. The van der Waals surface area contributed by atoms with Gasteiger partial charge in [0.1, 0.15) is 0 Å². The van der Waals surface area contributed by atoms with Crippen LogP contribution in [0.3, 0.4) is 0 Å². The summed E-state index contributed by atoms with van der Waals surface area (Å²) in [7, 11) is 0. The quantitative estimate of drug-likeness (QED) is 0.869. The van der Waals surface area contributed by atoms with E-state index >= 15 is 0 Å². The smallest absolute Gasteiger partial charge is 0.252 e. The van der Waals surface area contributed by atoms with Crippen LogP contribution in [-0.2, 0) is 0 Å². The molecule has 1 aromatic carbocycles. The van der Waals surface area contributed by atoms with E-state index in [1.165, 1.54) is 51.6 Å². The second-order valence-corrected chi connectivity index (χ2v) is 7.60. The summed E-state index contributed by atoms with van der Waals surface area (Å²) in [6.07, 6.45) is 7.85. The van der Waals surface area contributed by atoms with E-state index < -0.39 is 0 Å². The van der Waals surface area contributed by atoms with Crippen molar-refractivity contribution in [1.29, 1.82) is 0 Å². The summed E-state index contributed by atoms with van der Waals surface area (Å²) in [5.41, 5.74) is 0.461. The average molecular weight is 355 g/mol. The molecule has 0 spiro atoms. The van der Waals surface area contributed by atoms with Gasteiger partial charge in [-0.3, -0.25) is 4.79 Å². The zero-order chi connectivity index (χ0) is 16.2. The van der Waals surface area contributed by atoms with Crippen LogP contribution in [0.2, 0.25) is 10.0 Å². The summed E-state index contributed by atoms with van der Waals surface area (Å²) in [5.74, 6) is 0.435. The van der Waals surface area contributed by atoms with Crippen molar-refractivity contribution in [3.05, 3.63) is 33.8 Å². The lowest BCUT2D eigenvalue weighted by molar-refractivity contribution is 0.0925. The fourth-order valence-corrected chi connectivity index (χ4v) is 4.17. The fraction of sp³-hybridized carbons (Fsp3) is 0.611. The predicted molar refractivity (Wildman–Crippen MR) is 95.3 cm³/mol. The van der Waals surface area contributed by atoms with Crippen molar-refractivity contribution in [1.82, 2.24) is 10.2 Å². The Morgan fingerprint density at radius 1 is 1.13 bits per heavy atom. The Morgan fingerprint density at radius 2 is 1.83 bits per heavy atom. The molecule has 5 heteroatoms. The minimum absolute atomic E-state index is 0.129. The van der Waals surface area contributed by atoms with E-state index in [4.69, 9.17) is 23.2 Å². The monoisotopic (exact) mass is 354 g/mol. The molecule has 1 aliphatic heterocycles. The minimum atomic E-state index is -0.129. The number of nitrogens with one attached hydrogen (secondary N) is 1. The molecule has 0 aromatic heterocycles. The normalized spacial score (nSPS) is 20.8. The molecule has 1 aliphatic carbocycles. The van der Waals surface area contributed by atoms with Gasteiger partial charge in [-0.05, 0) is 62.9 Å². The SMILES string of the molecule is O=C(NCC1CCN(C2CCCC2)CC1)c1cc(Cl)ccc1Cl. The van der Waals surface area contributed by atoms with Gasteiger partial charge in [-0.1, -0.05) is 36.0 Å². The molecule has 0 unspecified atom stereocenters. The first-order valence-electron chi connectivity index (χ1n) is 8.61. The number of hydrogen-bond donors (Lipinski definition) is 1. The maximum Gasteiger partial charge on any atom is 0.252 e. The lowest BCUT2D eigenvalue weighted by Crippen LogP contribution is -2.42. The van der Waals surface area contributed by atoms with Crippen molar-refractivity contribution >= 4 is 29.1 Å². The lowest BCUT2D eigenvalue weighted by atomic mass is 9.95. The van der Waals surface area contributed by atoms with Crippen molar-refractivity contribution in [2.24, 2.45) is 5.92 Å². The van der Waals surface area contributed by atoms with Crippen LogP contribution >= 0.6 is 23.2 Å². The molecule has 2 aliphatic rings. The molecule has 1 N–H and O–H groups in total. The number of halogens is 2. The van der Waals surface area contributed by atoms with Gasteiger partial charge < -0.3 is 10.2 Å². The van der Waals surface area contributed by atoms with Crippen molar-refractivity contribution in [2.45, 2.75) is 44.6 Å². The predicted octanol–water partition coefficient (Wildman–Crippen LogP) is 4.38. The summed E-state index contributed by atoms with van der Waals surface area (Å²) in [6.45, 7) is 3.06. The van der Waals surface area contributed by atoms with Gasteiger partial charge in [-0.2, -0.15) is 0 Å². The van der Waals surface area contributed by atoms with Crippen molar-refractivity contribution < 1.29 is 4.79 Å². The summed E-state index contributed by atoms with van der Waals surface area (Å²) in [6, 6.07) is 5.80. The molecule has 23 heavy (non-hydrogen) atoms. The molecule has 0 atom stereocenters. The van der Waals surface area contributed by atoms with E-state index in [0.717, 1.165) is 12.6 Å². The highest BCUT2D eigenvalue weighted by molar-refractivity contribution is 6.35. The highest BCUT2D eigenvalue weighted by Gasteiger charge is 2.27. The number of nitrogens with zero attached hydrogens (tertiary/aromatic N) is 1. The highest BCUT2D eigenvalue weighted by atomic mass is 35.5. The molecule has 1 saturated carbocycles. The number of carbonyl (C=O) groups excluding carboxylic acids is 1. The molecular weight excluding hydrogens is 331 g/mol. The Balaban J connectivity index is 1.46. The van der Waals surface area contributed by atoms with Crippen LogP contribution in [0.1, 0.15) is 48.9 Å². The molecule has 1 heterocycles. The zero-order valence-electron chi connectivity index (χ0n) is 13.4. The van der Waals surface area contributed by atoms with Gasteiger partial charge in [0.15, 0.2) is 0 Å². The highest BCUT2D eigenvalue weighted by Crippen LogP contribution is 2.27. The number of rotatable bonds is 4. The molecule has 0 bridgehead atoms. The van der Waals surface area contributed by atoms with E-state index in [-0.39, 0.29) is 5.91 Å². The van der Waals surface area contributed by atoms with Crippen LogP contribution in [0.5, 0.6) is 0 Å². The third-order valence-corrected chi connectivity index (χ3v) is 5.78. The van der Waals surface area contributed by atoms with Gasteiger partial charge >= 0.3 is 0 Å². The van der Waals surface area contributed by atoms with Gasteiger partial charge in [0.2, 0.25) is 0 Å². The van der Waals surface area contributed by atoms with Gasteiger partial charge in [-0.25, -0.2) is 0 Å². The summed E-state index contributed by atoms with van der Waals surface area (Å²) in [4.78, 5) is 14.9. The second-order valence-electron chi connectivity index (χ2n) is 6.75. The topological polar surface area (TPSA) is 32.3 Å². The molecule has 126 valence electrons. The van der Waals surface area contributed by atoms with Crippen LogP contribution < -0.4 is 5.32 Å². The first kappa shape index (κ1) is 17.1. The molecule has 1 amide bonds. The van der Waals surface area contributed by atoms with Crippen molar-refractivity contribution in [3.8, 4) is 0 Å². The summed E-state index contributed by atoms with van der Waals surface area (Å²) < 4.78 is 0. The number of hydrogen-bond acceptors (Lipinski definition) is 2. The van der Waals surface area contributed by atoms with Crippen LogP contribution in [0.25, 0.3) is 0 Å². The maximum absolute atomic E-state index is 12.3. The zero-order valence-corrected chi connectivity index (χ0v) is 14.9. The first-order valence-corrected chi connectivity index (χ1v) is 9.36. The first-order chi connectivity index (χ1) is 11.1. The van der Waals surface area contributed by atoms with Crippen LogP contribution in [0, 0.1) is 5.92 Å². The van der Waals surface area contributed by atoms with Crippen LogP contribution in [0.4, 0.5) is 0 Å². The summed E-state index contributed by atoms with van der Waals surface area (Å²) >= 11 is 12.0. The van der Waals surface area contributed by atoms with Crippen LogP contribution in [0.15, 0.2) is 18.2 Å². The lowest BCUT2D eigenvalue weighted by Gasteiger charge is -2.36. The largest absolute Gasteiger partial charge is 0.352 e. The van der Waals surface area contributed by atoms with Crippen molar-refractivity contribution in [2.75, 3.05) is 19.6 Å². The van der Waals surface area contributed by atoms with E-state index in [1.54, 1.807) is 18.2 Å². The Labute approximate surface area is 148 Å². The Hall–Kier alpha value is -0.770. The third kappa shape index (κ3) is 4.40. The molecular formula is C18H24Cl2N2O. The molecule has 3 rings (SSSR count). The number of benzene rings is 1. The standard InChI is InChI=1S/C18H24Cl2N2O/c19-14-5-6-17(20)16(11-14)18(23)21-12-13-7-9-22(10-8-13)15-3-1-2-4-15/h5-6,11,13,15H,1-4,7-10,12H2,(H,21,23). The Kier molecular flexibility index (Phi) is 5.84. The maximum atomic E-state index is 12.3. The van der Waals surface area contributed by atoms with Gasteiger partial charge in [0.25, 0.3) is 5.91 Å². The molecule has 2 fully saturated rings. The van der Waals surface area contributed by atoms with Crippen molar-refractivity contribution in [3.63, 3.8) is 0 Å². The van der Waals surface area contributed by atoms with Gasteiger partial charge in [-0.15, -0.1) is 0 Å². The van der Waals surface area contributed by atoms with Gasteiger partial charge in [0.05, 0.1) is 10.6 Å². The third-order valence-electron chi connectivity index (χ3n) is 5.21. The number of likely N-dealkylation sites (tertiary alicyclic amines) is 1. The van der Waals surface area contributed by atoms with E-state index in [9.17, 15) is 4.79 Å². The van der Waals surface area contributed by atoms with E-state index in [0.29, 0.717) is 21.5 Å². The second kappa shape index (κ2) is 7.87. The average Bonchev–Trinajstić information content (AvgIpc) is 3.10. The van der Waals surface area contributed by atoms with E-state index in [1.807, 2.05) is 0 Å². The fourth-order valence-electron chi connectivity index (χ4n) is 3.80.